The number of hydrogen-bond acceptors (Lipinski definition) is 6. The van der Waals surface area contributed by atoms with Gasteiger partial charge in [0, 0.05) is 6.08 Å². The molecular weight excluding hydrogens is 370 g/mol. The van der Waals surface area contributed by atoms with Crippen LogP contribution in [0.15, 0.2) is 56.0 Å². The van der Waals surface area contributed by atoms with Crippen LogP contribution >= 0.6 is 23.5 Å². The lowest BCUT2D eigenvalue weighted by Crippen LogP contribution is -2.28. The number of rotatable bonds is 4. The maximum absolute atomic E-state index is 12.2. The largest absolute Gasteiger partial charge is 0.450 e. The maximum atomic E-state index is 12.2. The average molecular weight is 381 g/mol. The summed E-state index contributed by atoms with van der Waals surface area (Å²) in [4.78, 5) is 33.0. The van der Waals surface area contributed by atoms with Crippen LogP contribution in [-0.4, -0.2) is 32.6 Å². The van der Waals surface area contributed by atoms with Crippen LogP contribution < -0.4 is 0 Å². The molecule has 1 aliphatic heterocycles. The van der Waals surface area contributed by atoms with Gasteiger partial charge in [0.05, 0.1) is 22.5 Å². The quantitative estimate of drug-likeness (QED) is 0.544. The van der Waals surface area contributed by atoms with Crippen LogP contribution in [0.4, 0.5) is 4.79 Å². The van der Waals surface area contributed by atoms with Crippen molar-refractivity contribution in [2.75, 3.05) is 6.54 Å². The monoisotopic (exact) mass is 381 g/mol. The summed E-state index contributed by atoms with van der Waals surface area (Å²) >= 11 is 2.19. The molecule has 6 nitrogen and oxygen atoms in total. The highest BCUT2D eigenvalue weighted by Gasteiger charge is 2.34. The number of imide groups is 1. The Morgan fingerprint density at radius 2 is 2.15 bits per heavy atom. The molecule has 0 radical (unpaired) electrons. The number of thioether (sulfide) groups is 1. The van der Waals surface area contributed by atoms with Crippen molar-refractivity contribution < 1.29 is 14.0 Å². The number of carbonyl (C=O) groups excluding carboxylic acids is 2. The van der Waals surface area contributed by atoms with E-state index in [1.165, 1.54) is 11.8 Å². The standard InChI is InChI=1S/C18H11N3O3S2/c1-2-9-21-16(22)14(25-18(21)23)10-11-7-8-15(24-11)26-17-19-12-5-3-4-6-13(12)20-17/h1,3-8,10H,9H2,(H,19,20). The van der Waals surface area contributed by atoms with E-state index in [1.54, 1.807) is 18.2 Å². The van der Waals surface area contributed by atoms with Gasteiger partial charge in [-0.05, 0) is 47.8 Å². The van der Waals surface area contributed by atoms with Crippen molar-refractivity contribution >= 4 is 51.8 Å². The molecule has 0 unspecified atom stereocenters. The van der Waals surface area contributed by atoms with Gasteiger partial charge in [-0.3, -0.25) is 14.5 Å². The van der Waals surface area contributed by atoms with Gasteiger partial charge in [0.25, 0.3) is 11.1 Å². The topological polar surface area (TPSA) is 79.2 Å². The fourth-order valence-electron chi connectivity index (χ4n) is 2.40. The summed E-state index contributed by atoms with van der Waals surface area (Å²) < 4.78 is 5.72. The number of carbonyl (C=O) groups is 2. The smallest absolute Gasteiger partial charge is 0.294 e. The molecule has 26 heavy (non-hydrogen) atoms. The van der Waals surface area contributed by atoms with Crippen molar-refractivity contribution in [3.8, 4) is 12.3 Å². The van der Waals surface area contributed by atoms with E-state index in [0.717, 1.165) is 27.7 Å². The highest BCUT2D eigenvalue weighted by Crippen LogP contribution is 2.34. The molecule has 1 aromatic carbocycles. The Labute approximate surface area is 157 Å². The van der Waals surface area contributed by atoms with Crippen LogP contribution in [0.25, 0.3) is 17.1 Å². The molecule has 8 heteroatoms. The molecule has 0 atom stereocenters. The predicted molar refractivity (Wildman–Crippen MR) is 100 cm³/mol. The van der Waals surface area contributed by atoms with Crippen molar-refractivity contribution in [1.82, 2.24) is 14.9 Å². The number of para-hydroxylation sites is 2. The third kappa shape index (κ3) is 3.14. The van der Waals surface area contributed by atoms with E-state index in [4.69, 9.17) is 10.8 Å². The lowest BCUT2D eigenvalue weighted by atomic mass is 10.3. The number of aromatic nitrogens is 2. The van der Waals surface area contributed by atoms with Gasteiger partial charge in [-0.2, -0.15) is 0 Å². The molecule has 2 aromatic heterocycles. The summed E-state index contributed by atoms with van der Waals surface area (Å²) in [5.41, 5.74) is 1.83. The Bertz CT molecular complexity index is 1060. The number of nitrogens with zero attached hydrogens (tertiary/aromatic N) is 2. The van der Waals surface area contributed by atoms with Crippen LogP contribution in [0.3, 0.4) is 0 Å². The van der Waals surface area contributed by atoms with Crippen LogP contribution in [0.1, 0.15) is 5.76 Å². The normalized spacial score (nSPS) is 16.0. The molecule has 1 saturated heterocycles. The highest BCUT2D eigenvalue weighted by atomic mass is 32.2. The van der Waals surface area contributed by atoms with Crippen molar-refractivity contribution in [3.63, 3.8) is 0 Å². The van der Waals surface area contributed by atoms with Gasteiger partial charge in [-0.15, -0.1) is 6.42 Å². The molecule has 1 fully saturated rings. The minimum Gasteiger partial charge on any atom is -0.450 e. The van der Waals surface area contributed by atoms with Crippen molar-refractivity contribution in [2.45, 2.75) is 10.2 Å². The molecule has 4 rings (SSSR count). The van der Waals surface area contributed by atoms with Crippen molar-refractivity contribution in [3.05, 3.63) is 47.1 Å². The average Bonchev–Trinajstić information content (AvgIpc) is 3.30. The van der Waals surface area contributed by atoms with Crippen LogP contribution in [-0.2, 0) is 4.79 Å². The molecule has 3 aromatic rings. The first-order valence-electron chi connectivity index (χ1n) is 7.55. The molecule has 0 spiro atoms. The van der Waals surface area contributed by atoms with Crippen LogP contribution in [0.2, 0.25) is 0 Å². The second-order valence-electron chi connectivity index (χ2n) is 5.29. The number of amides is 2. The Balaban J connectivity index is 1.52. The molecule has 1 N–H and O–H groups in total. The van der Waals surface area contributed by atoms with E-state index in [2.05, 4.69) is 15.9 Å². The number of H-pyrrole nitrogens is 1. The first-order valence-corrected chi connectivity index (χ1v) is 9.18. The Hall–Kier alpha value is -2.89. The zero-order valence-electron chi connectivity index (χ0n) is 13.3. The van der Waals surface area contributed by atoms with E-state index >= 15 is 0 Å². The number of nitrogens with one attached hydrogen (secondary N) is 1. The van der Waals surface area contributed by atoms with Crippen LogP contribution in [0, 0.1) is 12.3 Å². The number of imidazole rings is 1. The number of furan rings is 1. The third-order valence-electron chi connectivity index (χ3n) is 3.56. The van der Waals surface area contributed by atoms with E-state index in [0.29, 0.717) is 20.9 Å². The lowest BCUT2D eigenvalue weighted by molar-refractivity contribution is -0.122. The molecule has 1 aliphatic rings. The molecule has 3 heterocycles. The zero-order chi connectivity index (χ0) is 18.1. The van der Waals surface area contributed by atoms with E-state index in [9.17, 15) is 9.59 Å². The molecule has 128 valence electrons. The minimum absolute atomic E-state index is 0.0344. The predicted octanol–water partition coefficient (Wildman–Crippen LogP) is 3.98. The van der Waals surface area contributed by atoms with Gasteiger partial charge in [-0.1, -0.05) is 18.1 Å². The third-order valence-corrected chi connectivity index (χ3v) is 5.28. The number of fused-ring (bicyclic) bond motifs is 1. The number of terminal acetylenes is 1. The van der Waals surface area contributed by atoms with E-state index in [-0.39, 0.29) is 11.8 Å². The number of benzene rings is 1. The Morgan fingerprint density at radius 3 is 2.96 bits per heavy atom. The summed E-state index contributed by atoms with van der Waals surface area (Å²) in [6.07, 6.45) is 6.73. The zero-order valence-corrected chi connectivity index (χ0v) is 14.9. The molecule has 0 bridgehead atoms. The van der Waals surface area contributed by atoms with Gasteiger partial charge in [0.1, 0.15) is 5.76 Å². The molecular formula is C18H11N3O3S2. The van der Waals surface area contributed by atoms with Gasteiger partial charge < -0.3 is 9.40 Å². The fourth-order valence-corrected chi connectivity index (χ4v) is 3.98. The summed E-state index contributed by atoms with van der Waals surface area (Å²) in [7, 11) is 0. The second-order valence-corrected chi connectivity index (χ2v) is 7.28. The first-order chi connectivity index (χ1) is 12.6. The second kappa shape index (κ2) is 6.78. The van der Waals surface area contributed by atoms with Crippen molar-refractivity contribution in [1.29, 1.82) is 0 Å². The molecule has 0 aliphatic carbocycles. The summed E-state index contributed by atoms with van der Waals surface area (Å²) in [5, 5.41) is 0.960. The van der Waals surface area contributed by atoms with Crippen molar-refractivity contribution in [2.24, 2.45) is 0 Å². The SMILES string of the molecule is C#CCN1C(=O)SC(=Cc2ccc(Sc3nc4ccccc4[nH]3)o2)C1=O. The Morgan fingerprint density at radius 1 is 1.31 bits per heavy atom. The van der Waals surface area contributed by atoms with Gasteiger partial charge in [0.15, 0.2) is 10.2 Å². The minimum atomic E-state index is -0.402. The van der Waals surface area contributed by atoms with Gasteiger partial charge in [-0.25, -0.2) is 4.98 Å². The molecule has 0 saturated carbocycles. The summed E-state index contributed by atoms with van der Waals surface area (Å²) in [5.74, 6) is 2.38. The highest BCUT2D eigenvalue weighted by molar-refractivity contribution is 8.18. The van der Waals surface area contributed by atoms with Gasteiger partial charge in [0.2, 0.25) is 0 Å². The first kappa shape index (κ1) is 16.6. The number of aromatic amines is 1. The summed E-state index contributed by atoms with van der Waals surface area (Å²) in [6.45, 7) is -0.0344. The fraction of sp³-hybridized carbons (Fsp3) is 0.0556. The van der Waals surface area contributed by atoms with E-state index < -0.39 is 5.91 Å². The van der Waals surface area contributed by atoms with Gasteiger partial charge >= 0.3 is 0 Å². The van der Waals surface area contributed by atoms with Crippen LogP contribution in [0.5, 0.6) is 0 Å². The van der Waals surface area contributed by atoms with E-state index in [1.807, 2.05) is 24.3 Å². The lowest BCUT2D eigenvalue weighted by Gasteiger charge is -2.06. The molecule has 2 amide bonds. The summed E-state index contributed by atoms with van der Waals surface area (Å²) in [6, 6.07) is 11.3. The number of hydrogen-bond donors (Lipinski definition) is 1. The maximum Gasteiger partial charge on any atom is 0.294 e. The Kier molecular flexibility index (Phi) is 4.32.